The van der Waals surface area contributed by atoms with E-state index in [-0.39, 0.29) is 17.9 Å². The Morgan fingerprint density at radius 1 is 1.12 bits per heavy atom. The van der Waals surface area contributed by atoms with E-state index in [2.05, 4.69) is 5.32 Å². The lowest BCUT2D eigenvalue weighted by Crippen LogP contribution is -2.48. The number of fused-ring (bicyclic) bond motifs is 1. The molecule has 2 atom stereocenters. The summed E-state index contributed by atoms with van der Waals surface area (Å²) in [6.45, 7) is 0. The van der Waals surface area contributed by atoms with Crippen molar-refractivity contribution in [3.8, 4) is 0 Å². The Morgan fingerprint density at radius 2 is 1.88 bits per heavy atom. The molecular formula is C18H20N2O4. The minimum Gasteiger partial charge on any atom is -0.433 e. The zero-order valence-electron chi connectivity index (χ0n) is 13.4. The van der Waals surface area contributed by atoms with Crippen LogP contribution in [0.3, 0.4) is 0 Å². The maximum Gasteiger partial charge on any atom is 0.340 e. The van der Waals surface area contributed by atoms with Crippen LogP contribution in [0.2, 0.25) is 0 Å². The van der Waals surface area contributed by atoms with Crippen molar-refractivity contribution in [1.82, 2.24) is 10.2 Å². The molecule has 2 fully saturated rings. The van der Waals surface area contributed by atoms with Crippen LogP contribution in [0.15, 0.2) is 24.3 Å². The van der Waals surface area contributed by atoms with E-state index in [0.29, 0.717) is 24.0 Å². The Balaban J connectivity index is 1.57. The molecule has 0 radical (unpaired) electrons. The Morgan fingerprint density at radius 3 is 2.67 bits per heavy atom. The third-order valence-electron chi connectivity index (χ3n) is 5.18. The third kappa shape index (κ3) is 2.46. The van der Waals surface area contributed by atoms with Crippen LogP contribution in [-0.4, -0.2) is 34.8 Å². The van der Waals surface area contributed by atoms with Gasteiger partial charge < -0.3 is 10.1 Å². The minimum atomic E-state index is -0.789. The second-order valence-corrected chi connectivity index (χ2v) is 6.69. The van der Waals surface area contributed by atoms with Crippen molar-refractivity contribution >= 4 is 17.8 Å². The summed E-state index contributed by atoms with van der Waals surface area (Å²) in [6.07, 6.45) is 4.23. The molecule has 4 rings (SSSR count). The van der Waals surface area contributed by atoms with Crippen molar-refractivity contribution in [3.63, 3.8) is 0 Å². The maximum atomic E-state index is 12.7. The molecule has 2 heterocycles. The fourth-order valence-electron chi connectivity index (χ4n) is 3.95. The van der Waals surface area contributed by atoms with E-state index in [0.717, 1.165) is 25.7 Å². The number of nitrogens with zero attached hydrogens (tertiary/aromatic N) is 1. The van der Waals surface area contributed by atoms with Gasteiger partial charge in [-0.2, -0.15) is 0 Å². The molecule has 3 aliphatic rings. The molecule has 0 unspecified atom stereocenters. The first kappa shape index (κ1) is 15.2. The average molecular weight is 328 g/mol. The van der Waals surface area contributed by atoms with E-state index in [9.17, 15) is 14.4 Å². The molecule has 1 saturated heterocycles. The molecule has 1 aromatic rings. The zero-order valence-corrected chi connectivity index (χ0v) is 13.4. The first-order valence-corrected chi connectivity index (χ1v) is 8.56. The number of benzene rings is 1. The quantitative estimate of drug-likeness (QED) is 0.860. The van der Waals surface area contributed by atoms with Crippen LogP contribution >= 0.6 is 0 Å². The van der Waals surface area contributed by atoms with Crippen molar-refractivity contribution in [2.45, 2.75) is 56.8 Å². The summed E-state index contributed by atoms with van der Waals surface area (Å²) in [5.74, 6) is -0.713. The molecular weight excluding hydrogens is 308 g/mol. The molecule has 0 spiro atoms. The van der Waals surface area contributed by atoms with E-state index < -0.39 is 18.2 Å². The van der Waals surface area contributed by atoms with E-state index in [1.165, 1.54) is 4.90 Å². The average Bonchev–Trinajstić information content (AvgIpc) is 3.28. The van der Waals surface area contributed by atoms with Gasteiger partial charge in [-0.3, -0.25) is 14.5 Å². The Kier molecular flexibility index (Phi) is 3.75. The molecule has 2 amide bonds. The van der Waals surface area contributed by atoms with Gasteiger partial charge in [0.25, 0.3) is 0 Å². The standard InChI is InChI=1S/C18H20N2O4/c21-15-10-9-14(16(22)19-11-5-1-2-6-11)20(15)17-12-7-3-4-8-13(12)18(23)24-17/h3-4,7-8,11,14,17H,1-2,5-6,9-10H2,(H,19,22)/t14-,17-/m1/s1. The Labute approximate surface area is 140 Å². The molecule has 24 heavy (non-hydrogen) atoms. The SMILES string of the molecule is O=C1O[C@@H](N2C(=O)CC[C@@H]2C(=O)NC2CCCC2)c2ccccc21. The molecule has 126 valence electrons. The summed E-state index contributed by atoms with van der Waals surface area (Å²) in [5.41, 5.74) is 1.13. The van der Waals surface area contributed by atoms with Crippen molar-refractivity contribution in [1.29, 1.82) is 0 Å². The molecule has 6 heteroatoms. The first-order chi connectivity index (χ1) is 11.6. The van der Waals surface area contributed by atoms with Gasteiger partial charge >= 0.3 is 5.97 Å². The number of likely N-dealkylation sites (tertiary alicyclic amines) is 1. The van der Waals surface area contributed by atoms with E-state index >= 15 is 0 Å². The predicted octanol–water partition coefficient (Wildman–Crippen LogP) is 1.91. The van der Waals surface area contributed by atoms with Gasteiger partial charge in [0.1, 0.15) is 6.04 Å². The van der Waals surface area contributed by atoms with Crippen molar-refractivity contribution < 1.29 is 19.1 Å². The monoisotopic (exact) mass is 328 g/mol. The summed E-state index contributed by atoms with van der Waals surface area (Å²) in [6, 6.07) is 6.67. The number of ether oxygens (including phenoxy) is 1. The van der Waals surface area contributed by atoms with Gasteiger partial charge in [0, 0.05) is 18.0 Å². The Hall–Kier alpha value is -2.37. The van der Waals surface area contributed by atoms with E-state index in [1.807, 2.05) is 6.07 Å². The topological polar surface area (TPSA) is 75.7 Å². The van der Waals surface area contributed by atoms with E-state index in [1.54, 1.807) is 18.2 Å². The van der Waals surface area contributed by atoms with Crippen LogP contribution in [0.1, 0.15) is 60.7 Å². The fraction of sp³-hybridized carbons (Fsp3) is 0.500. The van der Waals surface area contributed by atoms with Crippen molar-refractivity contribution in [2.24, 2.45) is 0 Å². The fourth-order valence-corrected chi connectivity index (χ4v) is 3.95. The number of esters is 1. The van der Waals surface area contributed by atoms with Crippen LogP contribution in [-0.2, 0) is 14.3 Å². The van der Waals surface area contributed by atoms with Crippen LogP contribution in [0, 0.1) is 0 Å². The van der Waals surface area contributed by atoms with Crippen LogP contribution in [0.25, 0.3) is 0 Å². The summed E-state index contributed by atoms with van der Waals surface area (Å²) in [5, 5.41) is 3.06. The highest BCUT2D eigenvalue weighted by Crippen LogP contribution is 2.38. The molecule has 1 saturated carbocycles. The van der Waals surface area contributed by atoms with Gasteiger partial charge in [0.05, 0.1) is 5.56 Å². The highest BCUT2D eigenvalue weighted by molar-refractivity contribution is 5.96. The molecule has 6 nitrogen and oxygen atoms in total. The summed E-state index contributed by atoms with van der Waals surface area (Å²) in [4.78, 5) is 38.5. The molecule has 0 bridgehead atoms. The number of hydrogen-bond acceptors (Lipinski definition) is 4. The first-order valence-electron chi connectivity index (χ1n) is 8.56. The van der Waals surface area contributed by atoms with E-state index in [4.69, 9.17) is 4.74 Å². The number of hydrogen-bond donors (Lipinski definition) is 1. The van der Waals surface area contributed by atoms with Crippen LogP contribution in [0.5, 0.6) is 0 Å². The third-order valence-corrected chi connectivity index (χ3v) is 5.18. The number of rotatable bonds is 3. The lowest BCUT2D eigenvalue weighted by atomic mass is 10.1. The molecule has 2 aliphatic heterocycles. The Bertz CT molecular complexity index is 696. The lowest BCUT2D eigenvalue weighted by Gasteiger charge is -2.30. The smallest absolute Gasteiger partial charge is 0.340 e. The van der Waals surface area contributed by atoms with Gasteiger partial charge in [-0.05, 0) is 25.3 Å². The molecule has 0 aromatic heterocycles. The summed E-state index contributed by atoms with van der Waals surface area (Å²) >= 11 is 0. The number of carbonyl (C=O) groups excluding carboxylic acids is 3. The number of cyclic esters (lactones) is 1. The normalized spacial score (nSPS) is 26.6. The van der Waals surface area contributed by atoms with Gasteiger partial charge in [0.15, 0.2) is 0 Å². The van der Waals surface area contributed by atoms with Crippen LogP contribution in [0.4, 0.5) is 0 Å². The second kappa shape index (κ2) is 5.92. The summed E-state index contributed by atoms with van der Waals surface area (Å²) < 4.78 is 5.42. The van der Waals surface area contributed by atoms with Crippen molar-refractivity contribution in [2.75, 3.05) is 0 Å². The lowest BCUT2D eigenvalue weighted by molar-refractivity contribution is -0.146. The summed E-state index contributed by atoms with van der Waals surface area (Å²) in [7, 11) is 0. The van der Waals surface area contributed by atoms with Crippen LogP contribution < -0.4 is 5.32 Å². The van der Waals surface area contributed by atoms with Gasteiger partial charge in [-0.1, -0.05) is 31.0 Å². The molecule has 1 N–H and O–H groups in total. The number of nitrogens with one attached hydrogen (secondary N) is 1. The molecule has 1 aliphatic carbocycles. The number of carbonyl (C=O) groups is 3. The highest BCUT2D eigenvalue weighted by Gasteiger charge is 2.46. The largest absolute Gasteiger partial charge is 0.433 e. The van der Waals surface area contributed by atoms with Crippen molar-refractivity contribution in [3.05, 3.63) is 35.4 Å². The van der Waals surface area contributed by atoms with Gasteiger partial charge in [-0.25, -0.2) is 4.79 Å². The molecule has 1 aromatic carbocycles. The van der Waals surface area contributed by atoms with Gasteiger partial charge in [-0.15, -0.1) is 0 Å². The highest BCUT2D eigenvalue weighted by atomic mass is 16.6. The zero-order chi connectivity index (χ0) is 16.7. The van der Waals surface area contributed by atoms with Gasteiger partial charge in [0.2, 0.25) is 18.0 Å². The second-order valence-electron chi connectivity index (χ2n) is 6.69. The predicted molar refractivity (Wildman–Crippen MR) is 84.9 cm³/mol. The minimum absolute atomic E-state index is 0.131. The maximum absolute atomic E-state index is 12.7. The number of amides is 2.